The Kier molecular flexibility index (Phi) is 4.81. The second kappa shape index (κ2) is 7.38. The lowest BCUT2D eigenvalue weighted by Gasteiger charge is -2.33. The molecule has 4 rings (SSSR count). The number of rotatable bonds is 5. The lowest BCUT2D eigenvalue weighted by molar-refractivity contribution is -0.131. The molecule has 5 heteroatoms. The molecule has 1 amide bonds. The molecule has 3 heterocycles. The van der Waals surface area contributed by atoms with Crippen molar-refractivity contribution in [2.24, 2.45) is 5.92 Å². The molecule has 0 bridgehead atoms. The van der Waals surface area contributed by atoms with Crippen LogP contribution < -0.4 is 0 Å². The van der Waals surface area contributed by atoms with Crippen LogP contribution in [0.15, 0.2) is 36.8 Å². The van der Waals surface area contributed by atoms with Gasteiger partial charge in [0.2, 0.25) is 5.91 Å². The Hall–Kier alpha value is -2.17. The number of hydrogen-bond acceptors (Lipinski definition) is 3. The van der Waals surface area contributed by atoms with Crippen LogP contribution >= 0.6 is 0 Å². The first kappa shape index (κ1) is 16.3. The number of likely N-dealkylation sites (tertiary alicyclic amines) is 1. The van der Waals surface area contributed by atoms with Crippen molar-refractivity contribution in [2.45, 2.75) is 51.0 Å². The van der Waals surface area contributed by atoms with Crippen LogP contribution in [0.1, 0.15) is 49.5 Å². The standard InChI is InChI=1S/C20H26N4O/c25-19(13-18-8-1-2-9-21-18)23-11-4-7-17(15-23)20-22-10-12-24(20)14-16-5-3-6-16/h1-2,8-10,12,16-17H,3-7,11,13-15H2/t17-/m0/s1. The van der Waals surface area contributed by atoms with Gasteiger partial charge in [-0.1, -0.05) is 12.5 Å². The molecule has 0 unspecified atom stereocenters. The molecule has 132 valence electrons. The van der Waals surface area contributed by atoms with Crippen LogP contribution in [0.2, 0.25) is 0 Å². The smallest absolute Gasteiger partial charge is 0.228 e. The van der Waals surface area contributed by atoms with E-state index < -0.39 is 0 Å². The van der Waals surface area contributed by atoms with E-state index in [9.17, 15) is 4.79 Å². The van der Waals surface area contributed by atoms with Gasteiger partial charge in [-0.05, 0) is 43.7 Å². The van der Waals surface area contributed by atoms with Gasteiger partial charge in [0.15, 0.2) is 0 Å². The largest absolute Gasteiger partial charge is 0.342 e. The van der Waals surface area contributed by atoms with Crippen molar-refractivity contribution in [2.75, 3.05) is 13.1 Å². The Morgan fingerprint density at radius 1 is 1.12 bits per heavy atom. The van der Waals surface area contributed by atoms with Crippen molar-refractivity contribution in [3.8, 4) is 0 Å². The van der Waals surface area contributed by atoms with E-state index in [2.05, 4.69) is 20.7 Å². The van der Waals surface area contributed by atoms with Gasteiger partial charge in [-0.25, -0.2) is 4.98 Å². The van der Waals surface area contributed by atoms with Gasteiger partial charge < -0.3 is 9.47 Å². The molecule has 2 fully saturated rings. The number of nitrogens with zero attached hydrogens (tertiary/aromatic N) is 4. The molecule has 0 aromatic carbocycles. The molecule has 1 saturated heterocycles. The SMILES string of the molecule is O=C(Cc1ccccn1)N1CCC[C@H](c2nccn2CC2CCC2)C1. The molecular formula is C20H26N4O. The number of carbonyl (C=O) groups excluding carboxylic acids is 1. The first-order valence-electron chi connectivity index (χ1n) is 9.48. The van der Waals surface area contributed by atoms with E-state index in [1.54, 1.807) is 6.20 Å². The van der Waals surface area contributed by atoms with E-state index in [1.165, 1.54) is 25.1 Å². The number of amides is 1. The average molecular weight is 338 g/mol. The van der Waals surface area contributed by atoms with Crippen LogP contribution in [0, 0.1) is 5.92 Å². The second-order valence-corrected chi connectivity index (χ2v) is 7.41. The molecule has 1 aliphatic carbocycles. The van der Waals surface area contributed by atoms with Crippen molar-refractivity contribution >= 4 is 5.91 Å². The van der Waals surface area contributed by atoms with Crippen LogP contribution in [-0.2, 0) is 17.8 Å². The summed E-state index contributed by atoms with van der Waals surface area (Å²) in [5.74, 6) is 2.53. The highest BCUT2D eigenvalue weighted by molar-refractivity contribution is 5.78. The summed E-state index contributed by atoms with van der Waals surface area (Å²) in [4.78, 5) is 23.6. The van der Waals surface area contributed by atoms with Gasteiger partial charge in [0.05, 0.1) is 6.42 Å². The van der Waals surface area contributed by atoms with Crippen LogP contribution in [0.5, 0.6) is 0 Å². The van der Waals surface area contributed by atoms with Gasteiger partial charge in [0.1, 0.15) is 5.82 Å². The summed E-state index contributed by atoms with van der Waals surface area (Å²) < 4.78 is 2.33. The molecule has 2 aliphatic rings. The van der Waals surface area contributed by atoms with Gasteiger partial charge in [-0.15, -0.1) is 0 Å². The van der Waals surface area contributed by atoms with Gasteiger partial charge in [-0.2, -0.15) is 0 Å². The summed E-state index contributed by atoms with van der Waals surface area (Å²) in [6, 6.07) is 5.74. The van der Waals surface area contributed by atoms with E-state index in [1.807, 2.05) is 29.3 Å². The lowest BCUT2D eigenvalue weighted by atomic mass is 9.85. The maximum Gasteiger partial charge on any atom is 0.228 e. The van der Waals surface area contributed by atoms with Gasteiger partial charge in [0.25, 0.3) is 0 Å². The zero-order valence-corrected chi connectivity index (χ0v) is 14.7. The zero-order chi connectivity index (χ0) is 17.1. The predicted octanol–water partition coefficient (Wildman–Crippen LogP) is 3.03. The summed E-state index contributed by atoms with van der Waals surface area (Å²) in [6.45, 7) is 2.73. The number of aromatic nitrogens is 3. The van der Waals surface area contributed by atoms with Crippen molar-refractivity contribution in [3.05, 3.63) is 48.3 Å². The Labute approximate surface area is 149 Å². The summed E-state index contributed by atoms with van der Waals surface area (Å²) in [7, 11) is 0. The van der Waals surface area contributed by atoms with Crippen LogP contribution in [0.4, 0.5) is 0 Å². The molecular weight excluding hydrogens is 312 g/mol. The van der Waals surface area contributed by atoms with Gasteiger partial charge in [-0.3, -0.25) is 9.78 Å². The molecule has 5 nitrogen and oxygen atoms in total. The molecule has 2 aromatic rings. The van der Waals surface area contributed by atoms with E-state index in [0.29, 0.717) is 12.3 Å². The molecule has 0 N–H and O–H groups in total. The fraction of sp³-hybridized carbons (Fsp3) is 0.550. The number of pyridine rings is 1. The zero-order valence-electron chi connectivity index (χ0n) is 14.7. The van der Waals surface area contributed by atoms with Crippen molar-refractivity contribution in [1.29, 1.82) is 0 Å². The van der Waals surface area contributed by atoms with E-state index in [0.717, 1.165) is 44.1 Å². The lowest BCUT2D eigenvalue weighted by Crippen LogP contribution is -2.40. The minimum Gasteiger partial charge on any atom is -0.342 e. The number of hydrogen-bond donors (Lipinski definition) is 0. The predicted molar refractivity (Wildman–Crippen MR) is 96.1 cm³/mol. The van der Waals surface area contributed by atoms with Crippen LogP contribution in [-0.4, -0.2) is 38.4 Å². The molecule has 0 spiro atoms. The summed E-state index contributed by atoms with van der Waals surface area (Å²) >= 11 is 0. The number of piperidine rings is 1. The van der Waals surface area contributed by atoms with E-state index in [4.69, 9.17) is 0 Å². The van der Waals surface area contributed by atoms with Crippen molar-refractivity contribution in [1.82, 2.24) is 19.4 Å². The normalized spacial score (nSPS) is 21.1. The summed E-state index contributed by atoms with van der Waals surface area (Å²) in [5.41, 5.74) is 0.848. The van der Waals surface area contributed by atoms with Crippen molar-refractivity contribution in [3.63, 3.8) is 0 Å². The van der Waals surface area contributed by atoms with Crippen LogP contribution in [0.25, 0.3) is 0 Å². The number of carbonyl (C=O) groups is 1. The van der Waals surface area contributed by atoms with Gasteiger partial charge >= 0.3 is 0 Å². The first-order valence-corrected chi connectivity index (χ1v) is 9.48. The van der Waals surface area contributed by atoms with Gasteiger partial charge in [0, 0.05) is 49.8 Å². The topological polar surface area (TPSA) is 51.0 Å². The third kappa shape index (κ3) is 3.75. The molecule has 25 heavy (non-hydrogen) atoms. The third-order valence-electron chi connectivity index (χ3n) is 5.63. The quantitative estimate of drug-likeness (QED) is 0.842. The minimum atomic E-state index is 0.181. The Bertz CT molecular complexity index is 707. The molecule has 1 atom stereocenters. The highest BCUT2D eigenvalue weighted by atomic mass is 16.2. The Balaban J connectivity index is 1.41. The highest BCUT2D eigenvalue weighted by Gasteiger charge is 2.28. The third-order valence-corrected chi connectivity index (χ3v) is 5.63. The monoisotopic (exact) mass is 338 g/mol. The molecule has 1 saturated carbocycles. The molecule has 0 radical (unpaired) electrons. The maximum absolute atomic E-state index is 12.7. The molecule has 2 aromatic heterocycles. The second-order valence-electron chi connectivity index (χ2n) is 7.41. The van der Waals surface area contributed by atoms with Crippen LogP contribution in [0.3, 0.4) is 0 Å². The average Bonchev–Trinajstić information content (AvgIpc) is 3.07. The molecule has 1 aliphatic heterocycles. The number of imidazole rings is 1. The summed E-state index contributed by atoms with van der Waals surface area (Å²) in [6.07, 6.45) is 12.4. The Morgan fingerprint density at radius 3 is 2.80 bits per heavy atom. The Morgan fingerprint density at radius 2 is 2.04 bits per heavy atom. The highest BCUT2D eigenvalue weighted by Crippen LogP contribution is 2.31. The van der Waals surface area contributed by atoms with Crippen molar-refractivity contribution < 1.29 is 4.79 Å². The summed E-state index contributed by atoms with van der Waals surface area (Å²) in [5, 5.41) is 0. The van der Waals surface area contributed by atoms with E-state index >= 15 is 0 Å². The fourth-order valence-electron chi connectivity index (χ4n) is 3.97. The van der Waals surface area contributed by atoms with E-state index in [-0.39, 0.29) is 5.91 Å². The minimum absolute atomic E-state index is 0.181. The fourth-order valence-corrected chi connectivity index (χ4v) is 3.97. The maximum atomic E-state index is 12.7. The first-order chi connectivity index (χ1) is 12.3.